The smallest absolute Gasteiger partial charge is 0.137 e. The summed E-state index contributed by atoms with van der Waals surface area (Å²) in [6.07, 6.45) is 11.0. The summed E-state index contributed by atoms with van der Waals surface area (Å²) in [4.78, 5) is 8.46. The molecular formula is C13H15N3O. The lowest BCUT2D eigenvalue weighted by Gasteiger charge is -2.25. The van der Waals surface area contributed by atoms with Crippen molar-refractivity contribution in [2.24, 2.45) is 0 Å². The van der Waals surface area contributed by atoms with Crippen LogP contribution in [-0.2, 0) is 6.42 Å². The number of pyridine rings is 1. The zero-order valence-electron chi connectivity index (χ0n) is 9.84. The lowest BCUT2D eigenvalue weighted by atomic mass is 9.97. The molecule has 0 N–H and O–H groups in total. The monoisotopic (exact) mass is 229 g/mol. The van der Waals surface area contributed by atoms with Crippen LogP contribution in [0.15, 0.2) is 31.0 Å². The lowest BCUT2D eigenvalue weighted by Crippen LogP contribution is -2.17. The number of aryl methyl sites for hydroxylation is 1. The molecule has 4 heteroatoms. The SMILES string of the molecule is COc1cncc(C2CCCc3cncn32)c1. The maximum Gasteiger partial charge on any atom is 0.137 e. The van der Waals surface area contributed by atoms with E-state index in [0.717, 1.165) is 18.6 Å². The topological polar surface area (TPSA) is 39.9 Å². The van der Waals surface area contributed by atoms with E-state index in [4.69, 9.17) is 4.74 Å². The second kappa shape index (κ2) is 4.20. The number of imidazole rings is 1. The van der Waals surface area contributed by atoms with Gasteiger partial charge in [0.05, 0.1) is 25.7 Å². The molecule has 1 atom stereocenters. The van der Waals surface area contributed by atoms with Crippen molar-refractivity contribution < 1.29 is 4.74 Å². The first-order valence-corrected chi connectivity index (χ1v) is 5.88. The van der Waals surface area contributed by atoms with Gasteiger partial charge in [-0.1, -0.05) is 0 Å². The Morgan fingerprint density at radius 3 is 3.12 bits per heavy atom. The minimum absolute atomic E-state index is 0.351. The first-order chi connectivity index (χ1) is 8.38. The van der Waals surface area contributed by atoms with Gasteiger partial charge in [0.2, 0.25) is 0 Å². The molecule has 0 radical (unpaired) electrons. The fourth-order valence-corrected chi connectivity index (χ4v) is 2.48. The van der Waals surface area contributed by atoms with Gasteiger partial charge in [0.15, 0.2) is 0 Å². The van der Waals surface area contributed by atoms with Crippen molar-refractivity contribution in [2.45, 2.75) is 25.3 Å². The fraction of sp³-hybridized carbons (Fsp3) is 0.385. The van der Waals surface area contributed by atoms with Crippen LogP contribution in [0, 0.1) is 0 Å². The molecule has 1 unspecified atom stereocenters. The Morgan fingerprint density at radius 2 is 2.24 bits per heavy atom. The van der Waals surface area contributed by atoms with Crippen LogP contribution in [0.4, 0.5) is 0 Å². The van der Waals surface area contributed by atoms with Crippen LogP contribution in [0.2, 0.25) is 0 Å². The standard InChI is InChI=1S/C13H15N3O/c1-17-12-5-10(6-14-8-12)13-4-2-3-11-7-15-9-16(11)13/h5-9,13H,2-4H2,1H3. The van der Waals surface area contributed by atoms with Gasteiger partial charge in [-0.05, 0) is 30.9 Å². The molecule has 88 valence electrons. The van der Waals surface area contributed by atoms with Crippen molar-refractivity contribution in [1.29, 1.82) is 0 Å². The van der Waals surface area contributed by atoms with Gasteiger partial charge in [-0.25, -0.2) is 4.98 Å². The van der Waals surface area contributed by atoms with Gasteiger partial charge in [0.1, 0.15) is 5.75 Å². The average molecular weight is 229 g/mol. The minimum atomic E-state index is 0.351. The highest BCUT2D eigenvalue weighted by Crippen LogP contribution is 2.31. The van der Waals surface area contributed by atoms with E-state index >= 15 is 0 Å². The van der Waals surface area contributed by atoms with Crippen LogP contribution in [0.3, 0.4) is 0 Å². The first-order valence-electron chi connectivity index (χ1n) is 5.88. The van der Waals surface area contributed by atoms with Gasteiger partial charge in [-0.15, -0.1) is 0 Å². The molecule has 1 aliphatic heterocycles. The van der Waals surface area contributed by atoms with Crippen LogP contribution >= 0.6 is 0 Å². The minimum Gasteiger partial charge on any atom is -0.495 e. The third-order valence-electron chi connectivity index (χ3n) is 3.35. The van der Waals surface area contributed by atoms with Crippen LogP contribution in [0.1, 0.15) is 30.1 Å². The molecule has 3 rings (SSSR count). The van der Waals surface area contributed by atoms with Gasteiger partial charge in [0, 0.05) is 18.1 Å². The molecule has 0 aromatic carbocycles. The maximum absolute atomic E-state index is 5.23. The molecule has 0 spiro atoms. The quantitative estimate of drug-likeness (QED) is 0.792. The third-order valence-corrected chi connectivity index (χ3v) is 3.35. The van der Waals surface area contributed by atoms with Crippen LogP contribution in [0.25, 0.3) is 0 Å². The third kappa shape index (κ3) is 1.79. The summed E-state index contributed by atoms with van der Waals surface area (Å²) in [6.45, 7) is 0. The lowest BCUT2D eigenvalue weighted by molar-refractivity contribution is 0.408. The summed E-state index contributed by atoms with van der Waals surface area (Å²) in [6, 6.07) is 2.41. The summed E-state index contributed by atoms with van der Waals surface area (Å²) < 4.78 is 7.48. The Labute approximate surface area is 100 Å². The van der Waals surface area contributed by atoms with Gasteiger partial charge >= 0.3 is 0 Å². The van der Waals surface area contributed by atoms with E-state index in [1.165, 1.54) is 17.7 Å². The number of rotatable bonds is 2. The van der Waals surface area contributed by atoms with Crippen molar-refractivity contribution in [3.63, 3.8) is 0 Å². The highest BCUT2D eigenvalue weighted by Gasteiger charge is 2.21. The highest BCUT2D eigenvalue weighted by atomic mass is 16.5. The van der Waals surface area contributed by atoms with E-state index in [-0.39, 0.29) is 0 Å². The van der Waals surface area contributed by atoms with E-state index in [9.17, 15) is 0 Å². The molecule has 0 aliphatic carbocycles. The van der Waals surface area contributed by atoms with E-state index in [0.29, 0.717) is 6.04 Å². The normalized spacial score (nSPS) is 18.8. The number of nitrogens with zero attached hydrogens (tertiary/aromatic N) is 3. The van der Waals surface area contributed by atoms with Crippen LogP contribution in [0.5, 0.6) is 5.75 Å². The predicted molar refractivity (Wildman–Crippen MR) is 64.1 cm³/mol. The van der Waals surface area contributed by atoms with Crippen LogP contribution in [-0.4, -0.2) is 21.6 Å². The largest absolute Gasteiger partial charge is 0.495 e. The molecule has 0 fully saturated rings. The van der Waals surface area contributed by atoms with Crippen molar-refractivity contribution in [3.8, 4) is 5.75 Å². The molecule has 1 aliphatic rings. The Hall–Kier alpha value is -1.84. The van der Waals surface area contributed by atoms with Crippen LogP contribution < -0.4 is 4.74 Å². The molecule has 0 amide bonds. The molecule has 4 nitrogen and oxygen atoms in total. The number of hydrogen-bond donors (Lipinski definition) is 0. The predicted octanol–water partition coefficient (Wildman–Crippen LogP) is 2.21. The summed E-state index contributed by atoms with van der Waals surface area (Å²) in [5.41, 5.74) is 2.51. The molecule has 0 saturated carbocycles. The van der Waals surface area contributed by atoms with Crippen molar-refractivity contribution >= 4 is 0 Å². The van der Waals surface area contributed by atoms with Crippen molar-refractivity contribution in [2.75, 3.05) is 7.11 Å². The number of aromatic nitrogens is 3. The summed E-state index contributed by atoms with van der Waals surface area (Å²) >= 11 is 0. The number of ether oxygens (including phenoxy) is 1. The van der Waals surface area contributed by atoms with Crippen molar-refractivity contribution in [1.82, 2.24) is 14.5 Å². The maximum atomic E-state index is 5.23. The Morgan fingerprint density at radius 1 is 1.29 bits per heavy atom. The molecule has 2 aromatic heterocycles. The first kappa shape index (κ1) is 10.3. The fourth-order valence-electron chi connectivity index (χ4n) is 2.48. The number of fused-ring (bicyclic) bond motifs is 1. The van der Waals surface area contributed by atoms with Crippen molar-refractivity contribution in [3.05, 3.63) is 42.2 Å². The molecule has 3 heterocycles. The Bertz CT molecular complexity index is 521. The molecular weight excluding hydrogens is 214 g/mol. The molecule has 0 saturated heterocycles. The molecule has 17 heavy (non-hydrogen) atoms. The number of hydrogen-bond acceptors (Lipinski definition) is 3. The number of methoxy groups -OCH3 is 1. The second-order valence-electron chi connectivity index (χ2n) is 4.36. The average Bonchev–Trinajstić information content (AvgIpc) is 2.87. The summed E-state index contributed by atoms with van der Waals surface area (Å²) in [5.74, 6) is 0.815. The molecule has 0 bridgehead atoms. The van der Waals surface area contributed by atoms with E-state index in [1.54, 1.807) is 13.3 Å². The van der Waals surface area contributed by atoms with Gasteiger partial charge in [-0.2, -0.15) is 0 Å². The summed E-state index contributed by atoms with van der Waals surface area (Å²) in [7, 11) is 1.67. The summed E-state index contributed by atoms with van der Waals surface area (Å²) in [5, 5.41) is 0. The van der Waals surface area contributed by atoms with E-state index in [2.05, 4.69) is 20.6 Å². The van der Waals surface area contributed by atoms with Gasteiger partial charge < -0.3 is 9.30 Å². The van der Waals surface area contributed by atoms with E-state index < -0.39 is 0 Å². The Balaban J connectivity index is 2.00. The van der Waals surface area contributed by atoms with E-state index in [1.807, 2.05) is 18.7 Å². The van der Waals surface area contributed by atoms with Gasteiger partial charge in [-0.3, -0.25) is 4.98 Å². The zero-order valence-corrected chi connectivity index (χ0v) is 9.84. The second-order valence-corrected chi connectivity index (χ2v) is 4.36. The zero-order chi connectivity index (χ0) is 11.7. The molecule has 2 aromatic rings. The Kier molecular flexibility index (Phi) is 2.55. The highest BCUT2D eigenvalue weighted by molar-refractivity contribution is 5.27. The van der Waals surface area contributed by atoms with Gasteiger partial charge in [0.25, 0.3) is 0 Å².